The normalized spacial score (nSPS) is 18.0. The van der Waals surface area contributed by atoms with Crippen LogP contribution in [0.1, 0.15) is 5.56 Å². The first-order valence-corrected chi connectivity index (χ1v) is 8.32. The molecule has 5 nitrogen and oxygen atoms in total. The van der Waals surface area contributed by atoms with Crippen molar-refractivity contribution in [3.05, 3.63) is 59.8 Å². The number of ether oxygens (including phenoxy) is 1. The number of benzene rings is 2. The minimum atomic E-state index is -0.424. The zero-order chi connectivity index (χ0) is 18.1. The number of anilines is 3. The first-order valence-electron chi connectivity index (χ1n) is 8.32. The van der Waals surface area contributed by atoms with Crippen LogP contribution in [0.3, 0.4) is 0 Å². The van der Waals surface area contributed by atoms with Gasteiger partial charge in [0.1, 0.15) is 11.6 Å². The van der Waals surface area contributed by atoms with Crippen molar-refractivity contribution in [1.82, 2.24) is 0 Å². The molecule has 2 aromatic carbocycles. The number of nitrogens with one attached hydrogen (secondary N) is 2. The monoisotopic (exact) mass is 357 g/mol. The lowest BCUT2D eigenvalue weighted by molar-refractivity contribution is -0.110. The van der Waals surface area contributed by atoms with Crippen LogP contribution >= 0.6 is 0 Å². The van der Waals surface area contributed by atoms with Crippen molar-refractivity contribution in [2.24, 2.45) is 0 Å². The fraction of sp³-hybridized carbons (Fsp3) is 0.211. The Labute approximate surface area is 149 Å². The van der Waals surface area contributed by atoms with Crippen molar-refractivity contribution in [3.63, 3.8) is 0 Å². The van der Waals surface area contributed by atoms with Gasteiger partial charge in [0, 0.05) is 36.2 Å². The van der Waals surface area contributed by atoms with Crippen molar-refractivity contribution in [2.75, 3.05) is 41.8 Å². The molecule has 0 unspecified atom stereocenters. The number of carbonyl (C=O) groups is 1. The van der Waals surface area contributed by atoms with Crippen LogP contribution in [-0.4, -0.2) is 32.2 Å². The lowest BCUT2D eigenvalue weighted by Gasteiger charge is -2.29. The van der Waals surface area contributed by atoms with Gasteiger partial charge in [-0.3, -0.25) is 4.79 Å². The average Bonchev–Trinajstić information content (AvgIpc) is 2.95. The molecule has 0 saturated carbocycles. The van der Waals surface area contributed by atoms with Crippen molar-refractivity contribution < 1.29 is 18.3 Å². The number of fused-ring (bicyclic) bond motifs is 1. The molecule has 26 heavy (non-hydrogen) atoms. The first kappa shape index (κ1) is 16.5. The predicted octanol–water partition coefficient (Wildman–Crippen LogP) is 3.21. The molecule has 1 amide bonds. The molecule has 0 bridgehead atoms. The van der Waals surface area contributed by atoms with E-state index >= 15 is 0 Å². The van der Waals surface area contributed by atoms with Crippen LogP contribution in [0.5, 0.6) is 0 Å². The zero-order valence-corrected chi connectivity index (χ0v) is 13.9. The number of amides is 1. The smallest absolute Gasteiger partial charge is 0.257 e. The number of carbonyl (C=O) groups excluding carboxylic acids is 1. The maximum absolute atomic E-state index is 14.4. The molecule has 2 aliphatic rings. The van der Waals surface area contributed by atoms with E-state index in [0.29, 0.717) is 54.5 Å². The topological polar surface area (TPSA) is 53.6 Å². The van der Waals surface area contributed by atoms with E-state index in [2.05, 4.69) is 10.6 Å². The summed E-state index contributed by atoms with van der Waals surface area (Å²) in [6, 6.07) is 8.91. The molecule has 2 aromatic rings. The maximum Gasteiger partial charge on any atom is 0.257 e. The number of morpholine rings is 1. The highest BCUT2D eigenvalue weighted by atomic mass is 19.1. The highest BCUT2D eigenvalue weighted by Gasteiger charge is 2.24. The van der Waals surface area contributed by atoms with E-state index in [1.54, 1.807) is 12.1 Å². The van der Waals surface area contributed by atoms with Crippen molar-refractivity contribution >= 4 is 28.5 Å². The number of hydrogen-bond donors (Lipinski definition) is 2. The number of nitrogens with zero attached hydrogens (tertiary/aromatic N) is 1. The lowest BCUT2D eigenvalue weighted by atomic mass is 10.1. The molecule has 7 heteroatoms. The van der Waals surface area contributed by atoms with E-state index in [4.69, 9.17) is 4.74 Å². The Hall–Kier alpha value is -2.93. The minimum absolute atomic E-state index is 0.303. The quantitative estimate of drug-likeness (QED) is 0.829. The van der Waals surface area contributed by atoms with Gasteiger partial charge in [0.25, 0.3) is 5.91 Å². The molecule has 0 atom stereocenters. The summed E-state index contributed by atoms with van der Waals surface area (Å²) in [7, 11) is 0. The third-order valence-corrected chi connectivity index (χ3v) is 4.45. The van der Waals surface area contributed by atoms with Gasteiger partial charge >= 0.3 is 0 Å². The molecule has 2 aliphatic heterocycles. The minimum Gasteiger partial charge on any atom is -0.378 e. The Bertz CT molecular complexity index is 892. The van der Waals surface area contributed by atoms with Crippen LogP contribution in [0.2, 0.25) is 0 Å². The molecular formula is C19H17F2N3O2. The van der Waals surface area contributed by atoms with E-state index in [1.807, 2.05) is 4.90 Å². The molecule has 0 spiro atoms. The van der Waals surface area contributed by atoms with Crippen LogP contribution in [0.4, 0.5) is 25.8 Å². The fourth-order valence-electron chi connectivity index (χ4n) is 3.12. The maximum atomic E-state index is 14.4. The summed E-state index contributed by atoms with van der Waals surface area (Å²) in [5.74, 6) is -1.10. The van der Waals surface area contributed by atoms with Gasteiger partial charge in [0.2, 0.25) is 0 Å². The summed E-state index contributed by atoms with van der Waals surface area (Å²) < 4.78 is 33.2. The zero-order valence-electron chi connectivity index (χ0n) is 13.9. The van der Waals surface area contributed by atoms with E-state index in [1.165, 1.54) is 30.5 Å². The molecule has 2 N–H and O–H groups in total. The molecule has 0 radical (unpaired) electrons. The van der Waals surface area contributed by atoms with Gasteiger partial charge in [-0.05, 0) is 36.4 Å². The summed E-state index contributed by atoms with van der Waals surface area (Å²) in [4.78, 5) is 14.0. The van der Waals surface area contributed by atoms with Crippen molar-refractivity contribution in [2.45, 2.75) is 0 Å². The van der Waals surface area contributed by atoms with Crippen LogP contribution in [-0.2, 0) is 9.53 Å². The van der Waals surface area contributed by atoms with E-state index < -0.39 is 5.82 Å². The highest BCUT2D eigenvalue weighted by molar-refractivity contribution is 6.31. The van der Waals surface area contributed by atoms with Gasteiger partial charge in [-0.2, -0.15) is 0 Å². The van der Waals surface area contributed by atoms with Gasteiger partial charge in [0.15, 0.2) is 0 Å². The largest absolute Gasteiger partial charge is 0.378 e. The SMILES string of the molecule is O=C1Nc2ccc(F)cc2C1=CNc1ccc(N2CCOCC2)c(F)c1. The molecule has 1 saturated heterocycles. The summed E-state index contributed by atoms with van der Waals surface area (Å²) in [5.41, 5.74) is 2.37. The van der Waals surface area contributed by atoms with E-state index in [-0.39, 0.29) is 11.7 Å². The lowest BCUT2D eigenvalue weighted by Crippen LogP contribution is -2.36. The molecule has 0 aromatic heterocycles. The number of rotatable bonds is 3. The second-order valence-corrected chi connectivity index (χ2v) is 6.11. The van der Waals surface area contributed by atoms with Crippen LogP contribution in [0, 0.1) is 11.6 Å². The van der Waals surface area contributed by atoms with Gasteiger partial charge in [-0.1, -0.05) is 0 Å². The Kier molecular flexibility index (Phi) is 4.30. The van der Waals surface area contributed by atoms with Gasteiger partial charge in [-0.15, -0.1) is 0 Å². The van der Waals surface area contributed by atoms with Gasteiger partial charge in [-0.25, -0.2) is 8.78 Å². The van der Waals surface area contributed by atoms with Crippen molar-refractivity contribution in [1.29, 1.82) is 0 Å². The predicted molar refractivity (Wildman–Crippen MR) is 96.1 cm³/mol. The Morgan fingerprint density at radius 2 is 1.92 bits per heavy atom. The van der Waals surface area contributed by atoms with E-state index in [0.717, 1.165) is 0 Å². The second kappa shape index (κ2) is 6.76. The Morgan fingerprint density at radius 1 is 1.12 bits per heavy atom. The Balaban J connectivity index is 1.55. The number of hydrogen-bond acceptors (Lipinski definition) is 4. The molecule has 2 heterocycles. The summed E-state index contributed by atoms with van der Waals surface area (Å²) in [6.45, 7) is 2.46. The Morgan fingerprint density at radius 3 is 2.69 bits per heavy atom. The molecule has 134 valence electrons. The molecule has 1 fully saturated rings. The summed E-state index contributed by atoms with van der Waals surface area (Å²) in [6.07, 6.45) is 1.46. The third-order valence-electron chi connectivity index (χ3n) is 4.45. The number of halogens is 2. The second-order valence-electron chi connectivity index (χ2n) is 6.11. The third kappa shape index (κ3) is 3.13. The summed E-state index contributed by atoms with van der Waals surface area (Å²) >= 11 is 0. The average molecular weight is 357 g/mol. The first-order chi connectivity index (χ1) is 12.6. The van der Waals surface area contributed by atoms with Crippen LogP contribution in [0.25, 0.3) is 5.57 Å². The van der Waals surface area contributed by atoms with Gasteiger partial charge in [0.05, 0.1) is 24.5 Å². The van der Waals surface area contributed by atoms with Crippen LogP contribution in [0.15, 0.2) is 42.6 Å². The highest BCUT2D eigenvalue weighted by Crippen LogP contribution is 2.32. The molecule has 0 aliphatic carbocycles. The summed E-state index contributed by atoms with van der Waals surface area (Å²) in [5, 5.41) is 5.59. The standard InChI is InChI=1S/C19H17F2N3O2/c20-12-1-3-17-14(9-12)15(19(25)23-17)11-22-13-2-4-18(16(21)10-13)24-5-7-26-8-6-24/h1-4,9-11,22H,5-8H2,(H,23,25). The van der Waals surface area contributed by atoms with Gasteiger partial charge < -0.3 is 20.3 Å². The fourth-order valence-corrected chi connectivity index (χ4v) is 3.12. The molecule has 4 rings (SSSR count). The molecular weight excluding hydrogens is 340 g/mol. The van der Waals surface area contributed by atoms with Crippen LogP contribution < -0.4 is 15.5 Å². The van der Waals surface area contributed by atoms with E-state index in [9.17, 15) is 13.6 Å². The van der Waals surface area contributed by atoms with Crippen molar-refractivity contribution in [3.8, 4) is 0 Å².